The fourth-order valence-electron chi connectivity index (χ4n) is 1.53. The zero-order chi connectivity index (χ0) is 13.0. The molecule has 0 spiro atoms. The SMILES string of the molecule is CC(=NO)c1ccccc1NC(=O)c1cn[nH]c1. The van der Waals surface area contributed by atoms with Gasteiger partial charge in [-0.25, -0.2) is 0 Å². The number of hydrogen-bond acceptors (Lipinski definition) is 4. The predicted octanol–water partition coefficient (Wildman–Crippen LogP) is 1.86. The van der Waals surface area contributed by atoms with Crippen LogP contribution in [0.5, 0.6) is 0 Å². The van der Waals surface area contributed by atoms with E-state index < -0.39 is 0 Å². The molecule has 0 atom stereocenters. The second-order valence-corrected chi connectivity index (χ2v) is 3.67. The summed E-state index contributed by atoms with van der Waals surface area (Å²) in [5.41, 5.74) is 2.11. The van der Waals surface area contributed by atoms with Gasteiger partial charge in [-0.1, -0.05) is 23.4 Å². The number of nitrogens with one attached hydrogen (secondary N) is 2. The molecule has 6 nitrogen and oxygen atoms in total. The summed E-state index contributed by atoms with van der Waals surface area (Å²) in [6.07, 6.45) is 2.94. The number of oxime groups is 1. The van der Waals surface area contributed by atoms with Gasteiger partial charge in [0.25, 0.3) is 5.91 Å². The van der Waals surface area contributed by atoms with Crippen LogP contribution < -0.4 is 5.32 Å². The summed E-state index contributed by atoms with van der Waals surface area (Å²) >= 11 is 0. The highest BCUT2D eigenvalue weighted by atomic mass is 16.4. The van der Waals surface area contributed by atoms with Crippen LogP contribution in [0.3, 0.4) is 0 Å². The van der Waals surface area contributed by atoms with Gasteiger partial charge in [0.15, 0.2) is 0 Å². The number of carbonyl (C=O) groups excluding carboxylic acids is 1. The molecule has 0 bridgehead atoms. The molecule has 6 heteroatoms. The number of benzene rings is 1. The highest BCUT2D eigenvalue weighted by molar-refractivity contribution is 6.10. The summed E-state index contributed by atoms with van der Waals surface area (Å²) < 4.78 is 0. The molecule has 0 aliphatic heterocycles. The molecule has 0 unspecified atom stereocenters. The number of nitrogens with zero attached hydrogens (tertiary/aromatic N) is 2. The Hall–Kier alpha value is -2.63. The van der Waals surface area contributed by atoms with E-state index in [1.54, 1.807) is 31.2 Å². The molecule has 0 saturated heterocycles. The molecular weight excluding hydrogens is 232 g/mol. The quantitative estimate of drug-likeness (QED) is 0.437. The highest BCUT2D eigenvalue weighted by Crippen LogP contribution is 2.16. The first-order valence-corrected chi connectivity index (χ1v) is 5.30. The van der Waals surface area contributed by atoms with Gasteiger partial charge >= 0.3 is 0 Å². The van der Waals surface area contributed by atoms with Crippen LogP contribution in [0.4, 0.5) is 5.69 Å². The second kappa shape index (κ2) is 5.13. The third kappa shape index (κ3) is 2.37. The van der Waals surface area contributed by atoms with E-state index in [0.29, 0.717) is 22.5 Å². The van der Waals surface area contributed by atoms with E-state index in [0.717, 1.165) is 0 Å². The minimum Gasteiger partial charge on any atom is -0.411 e. The van der Waals surface area contributed by atoms with Crippen molar-refractivity contribution in [3.8, 4) is 0 Å². The lowest BCUT2D eigenvalue weighted by atomic mass is 10.1. The molecule has 92 valence electrons. The second-order valence-electron chi connectivity index (χ2n) is 3.67. The van der Waals surface area contributed by atoms with Crippen LogP contribution in [0, 0.1) is 0 Å². The van der Waals surface area contributed by atoms with Crippen LogP contribution in [0.1, 0.15) is 22.8 Å². The third-order valence-electron chi connectivity index (χ3n) is 2.48. The van der Waals surface area contributed by atoms with Gasteiger partial charge in [-0.2, -0.15) is 5.10 Å². The number of carbonyl (C=O) groups is 1. The molecule has 1 aromatic heterocycles. The Morgan fingerprint density at radius 3 is 2.89 bits per heavy atom. The monoisotopic (exact) mass is 244 g/mol. The van der Waals surface area contributed by atoms with Crippen molar-refractivity contribution in [3.63, 3.8) is 0 Å². The van der Waals surface area contributed by atoms with Crippen molar-refractivity contribution in [2.75, 3.05) is 5.32 Å². The molecule has 0 aliphatic rings. The van der Waals surface area contributed by atoms with Gasteiger partial charge in [-0.05, 0) is 13.0 Å². The zero-order valence-corrected chi connectivity index (χ0v) is 9.71. The summed E-state index contributed by atoms with van der Waals surface area (Å²) in [5.74, 6) is -0.276. The largest absolute Gasteiger partial charge is 0.411 e. The number of anilines is 1. The van der Waals surface area contributed by atoms with Crippen molar-refractivity contribution in [1.29, 1.82) is 0 Å². The van der Waals surface area contributed by atoms with Crippen LogP contribution in [0.2, 0.25) is 0 Å². The zero-order valence-electron chi connectivity index (χ0n) is 9.71. The maximum Gasteiger partial charge on any atom is 0.258 e. The lowest BCUT2D eigenvalue weighted by Gasteiger charge is -2.09. The predicted molar refractivity (Wildman–Crippen MR) is 67.0 cm³/mol. The molecule has 18 heavy (non-hydrogen) atoms. The van der Waals surface area contributed by atoms with Gasteiger partial charge in [-0.15, -0.1) is 0 Å². The first-order chi connectivity index (χ1) is 8.72. The van der Waals surface area contributed by atoms with Crippen molar-refractivity contribution in [2.45, 2.75) is 6.92 Å². The van der Waals surface area contributed by atoms with Gasteiger partial charge < -0.3 is 10.5 Å². The molecule has 2 aromatic rings. The van der Waals surface area contributed by atoms with E-state index in [1.165, 1.54) is 12.4 Å². The number of para-hydroxylation sites is 1. The van der Waals surface area contributed by atoms with Crippen molar-refractivity contribution < 1.29 is 10.0 Å². The summed E-state index contributed by atoms with van der Waals surface area (Å²) in [5, 5.41) is 20.9. The maximum absolute atomic E-state index is 11.9. The van der Waals surface area contributed by atoms with Gasteiger partial charge in [0.05, 0.1) is 23.2 Å². The Bertz CT molecular complexity index is 576. The standard InChI is InChI=1S/C12H12N4O2/c1-8(16-18)10-4-2-3-5-11(10)15-12(17)9-6-13-14-7-9/h2-7,18H,1H3,(H,13,14)(H,15,17). The fraction of sp³-hybridized carbons (Fsp3) is 0.0833. The van der Waals surface area contributed by atoms with Gasteiger partial charge in [0, 0.05) is 11.8 Å². The Kier molecular flexibility index (Phi) is 3.38. The summed E-state index contributed by atoms with van der Waals surface area (Å²) in [7, 11) is 0. The van der Waals surface area contributed by atoms with Crippen LogP contribution in [-0.2, 0) is 0 Å². The van der Waals surface area contributed by atoms with Crippen molar-refractivity contribution in [2.24, 2.45) is 5.16 Å². The number of aromatic nitrogens is 2. The van der Waals surface area contributed by atoms with Crippen molar-refractivity contribution in [3.05, 3.63) is 47.8 Å². The number of amides is 1. The molecule has 3 N–H and O–H groups in total. The molecule has 1 aromatic carbocycles. The molecule has 0 saturated carbocycles. The Morgan fingerprint density at radius 2 is 2.22 bits per heavy atom. The lowest BCUT2D eigenvalue weighted by molar-refractivity contribution is 0.102. The minimum absolute atomic E-state index is 0.276. The van der Waals surface area contributed by atoms with Crippen LogP contribution in [0.25, 0.3) is 0 Å². The summed E-state index contributed by atoms with van der Waals surface area (Å²) in [6, 6.07) is 7.10. The average molecular weight is 244 g/mol. The molecule has 1 heterocycles. The van der Waals surface area contributed by atoms with E-state index in [4.69, 9.17) is 5.21 Å². The first-order valence-electron chi connectivity index (χ1n) is 5.30. The Balaban J connectivity index is 2.27. The lowest BCUT2D eigenvalue weighted by Crippen LogP contribution is -2.13. The summed E-state index contributed by atoms with van der Waals surface area (Å²) in [4.78, 5) is 11.9. The van der Waals surface area contributed by atoms with Crippen molar-refractivity contribution in [1.82, 2.24) is 10.2 Å². The molecule has 2 rings (SSSR count). The van der Waals surface area contributed by atoms with Gasteiger partial charge in [-0.3, -0.25) is 9.89 Å². The van der Waals surface area contributed by atoms with Crippen molar-refractivity contribution >= 4 is 17.3 Å². The van der Waals surface area contributed by atoms with E-state index in [-0.39, 0.29) is 5.91 Å². The average Bonchev–Trinajstić information content (AvgIpc) is 2.92. The first kappa shape index (κ1) is 11.8. The van der Waals surface area contributed by atoms with E-state index in [9.17, 15) is 4.79 Å². The molecule has 0 radical (unpaired) electrons. The molecular formula is C12H12N4O2. The number of H-pyrrole nitrogens is 1. The highest BCUT2D eigenvalue weighted by Gasteiger charge is 2.11. The van der Waals surface area contributed by atoms with Crippen LogP contribution >= 0.6 is 0 Å². The third-order valence-corrected chi connectivity index (χ3v) is 2.48. The summed E-state index contributed by atoms with van der Waals surface area (Å²) in [6.45, 7) is 1.66. The van der Waals surface area contributed by atoms with Gasteiger partial charge in [0.2, 0.25) is 0 Å². The minimum atomic E-state index is -0.276. The number of hydrogen-bond donors (Lipinski definition) is 3. The normalized spacial score (nSPS) is 11.3. The Morgan fingerprint density at radius 1 is 1.44 bits per heavy atom. The smallest absolute Gasteiger partial charge is 0.258 e. The maximum atomic E-state index is 11.9. The molecule has 1 amide bonds. The fourth-order valence-corrected chi connectivity index (χ4v) is 1.53. The topological polar surface area (TPSA) is 90.4 Å². The van der Waals surface area contributed by atoms with Gasteiger partial charge in [0.1, 0.15) is 0 Å². The molecule has 0 aliphatic carbocycles. The van der Waals surface area contributed by atoms with Crippen LogP contribution in [0.15, 0.2) is 41.8 Å². The van der Waals surface area contributed by atoms with E-state index in [2.05, 4.69) is 20.7 Å². The number of rotatable bonds is 3. The van der Waals surface area contributed by atoms with Crippen LogP contribution in [-0.4, -0.2) is 27.0 Å². The van der Waals surface area contributed by atoms with E-state index in [1.807, 2.05) is 0 Å². The Labute approximate surface area is 103 Å². The number of aromatic amines is 1. The molecule has 0 fully saturated rings. The van der Waals surface area contributed by atoms with E-state index >= 15 is 0 Å².